The molecule has 1 atom stereocenters. The van der Waals surface area contributed by atoms with E-state index >= 15 is 0 Å². The molecule has 1 aliphatic rings. The maximum absolute atomic E-state index is 12.3. The zero-order valence-corrected chi connectivity index (χ0v) is 12.0. The second-order valence-corrected chi connectivity index (χ2v) is 4.91. The number of aromatic nitrogens is 4. The maximum atomic E-state index is 12.3. The lowest BCUT2D eigenvalue weighted by Crippen LogP contribution is -2.32. The summed E-state index contributed by atoms with van der Waals surface area (Å²) in [5, 5.41) is 14.9. The maximum Gasteiger partial charge on any atom is 0.274 e. The summed E-state index contributed by atoms with van der Waals surface area (Å²) in [6.07, 6.45) is 3.19. The van der Waals surface area contributed by atoms with Crippen LogP contribution in [-0.2, 0) is 0 Å². The fourth-order valence-corrected chi connectivity index (χ4v) is 2.28. The average Bonchev–Trinajstić information content (AvgIpc) is 3.04. The third-order valence-corrected chi connectivity index (χ3v) is 3.38. The quantitative estimate of drug-likeness (QED) is 0.826. The van der Waals surface area contributed by atoms with Crippen LogP contribution in [0.15, 0.2) is 29.3 Å². The molecular formula is C14H12N6O3. The van der Waals surface area contributed by atoms with E-state index in [-0.39, 0.29) is 34.8 Å². The molecule has 1 amide bonds. The van der Waals surface area contributed by atoms with Gasteiger partial charge in [-0.3, -0.25) is 9.59 Å². The van der Waals surface area contributed by atoms with Crippen molar-refractivity contribution in [2.75, 3.05) is 13.1 Å². The largest absolute Gasteiger partial charge is 0.470 e. The standard InChI is InChI=1S/C14H12N6O3/c15-7-11-13(17-5-4-16-11)23-9-3-6-20(8-9)14(22)10-1-2-12(21)19-18-10/h1-2,4-5,9H,3,6,8H2,(H,19,21)/t9-/m1/s1. The lowest BCUT2D eigenvalue weighted by Gasteiger charge is -2.16. The van der Waals surface area contributed by atoms with Gasteiger partial charge < -0.3 is 9.64 Å². The van der Waals surface area contributed by atoms with Crippen LogP contribution in [-0.4, -0.2) is 50.2 Å². The van der Waals surface area contributed by atoms with E-state index in [4.69, 9.17) is 10.00 Å². The molecule has 116 valence electrons. The van der Waals surface area contributed by atoms with Crippen LogP contribution in [0.4, 0.5) is 0 Å². The molecule has 0 aromatic carbocycles. The van der Waals surface area contributed by atoms with E-state index in [0.29, 0.717) is 19.5 Å². The number of nitrogens with zero attached hydrogens (tertiary/aromatic N) is 5. The first-order valence-corrected chi connectivity index (χ1v) is 6.90. The van der Waals surface area contributed by atoms with Gasteiger partial charge in [0, 0.05) is 31.4 Å². The van der Waals surface area contributed by atoms with Gasteiger partial charge in [-0.15, -0.1) is 0 Å². The van der Waals surface area contributed by atoms with Crippen LogP contribution in [0.3, 0.4) is 0 Å². The van der Waals surface area contributed by atoms with Gasteiger partial charge in [-0.1, -0.05) is 0 Å². The van der Waals surface area contributed by atoms with Crippen LogP contribution in [0.5, 0.6) is 5.88 Å². The van der Waals surface area contributed by atoms with Crippen molar-refractivity contribution >= 4 is 5.91 Å². The first-order valence-electron chi connectivity index (χ1n) is 6.90. The Hall–Kier alpha value is -3.28. The Kier molecular flexibility index (Phi) is 3.97. The number of hydrogen-bond acceptors (Lipinski definition) is 7. The molecule has 23 heavy (non-hydrogen) atoms. The Morgan fingerprint density at radius 2 is 2.22 bits per heavy atom. The monoisotopic (exact) mass is 312 g/mol. The van der Waals surface area contributed by atoms with Gasteiger partial charge in [0.05, 0.1) is 6.54 Å². The van der Waals surface area contributed by atoms with E-state index in [0.717, 1.165) is 0 Å². The van der Waals surface area contributed by atoms with Crippen molar-refractivity contribution < 1.29 is 9.53 Å². The summed E-state index contributed by atoms with van der Waals surface area (Å²) >= 11 is 0. The third kappa shape index (κ3) is 3.16. The number of hydrogen-bond donors (Lipinski definition) is 1. The van der Waals surface area contributed by atoms with E-state index in [9.17, 15) is 9.59 Å². The van der Waals surface area contributed by atoms with Crippen molar-refractivity contribution in [3.05, 3.63) is 46.3 Å². The van der Waals surface area contributed by atoms with Crippen molar-refractivity contribution in [1.29, 1.82) is 5.26 Å². The molecule has 0 radical (unpaired) electrons. The first kappa shape index (κ1) is 14.6. The molecular weight excluding hydrogens is 300 g/mol. The highest BCUT2D eigenvalue weighted by atomic mass is 16.5. The number of likely N-dealkylation sites (tertiary alicyclic amines) is 1. The van der Waals surface area contributed by atoms with Crippen LogP contribution in [0, 0.1) is 11.3 Å². The number of carbonyl (C=O) groups excluding carboxylic acids is 1. The predicted octanol–water partition coefficient (Wildman–Crippen LogP) is -0.275. The van der Waals surface area contributed by atoms with E-state index in [2.05, 4.69) is 20.2 Å². The van der Waals surface area contributed by atoms with Crippen LogP contribution < -0.4 is 10.3 Å². The van der Waals surface area contributed by atoms with E-state index in [1.54, 1.807) is 4.90 Å². The summed E-state index contributed by atoms with van der Waals surface area (Å²) in [6.45, 7) is 0.841. The fourth-order valence-electron chi connectivity index (χ4n) is 2.28. The topological polar surface area (TPSA) is 125 Å². The number of nitrogens with one attached hydrogen (secondary N) is 1. The summed E-state index contributed by atoms with van der Waals surface area (Å²) in [5.41, 5.74) is -0.0853. The Balaban J connectivity index is 1.66. The lowest BCUT2D eigenvalue weighted by atomic mass is 10.3. The molecule has 9 nitrogen and oxygen atoms in total. The van der Waals surface area contributed by atoms with Crippen LogP contribution in [0.25, 0.3) is 0 Å². The van der Waals surface area contributed by atoms with Crippen molar-refractivity contribution in [1.82, 2.24) is 25.1 Å². The second kappa shape index (κ2) is 6.23. The fraction of sp³-hybridized carbons (Fsp3) is 0.286. The molecule has 0 aliphatic carbocycles. The highest BCUT2D eigenvalue weighted by Crippen LogP contribution is 2.19. The number of amides is 1. The molecule has 0 bridgehead atoms. The van der Waals surface area contributed by atoms with E-state index < -0.39 is 0 Å². The highest BCUT2D eigenvalue weighted by molar-refractivity contribution is 5.92. The summed E-state index contributed by atoms with van der Waals surface area (Å²) in [6, 6.07) is 4.55. The molecule has 3 rings (SSSR count). The van der Waals surface area contributed by atoms with Gasteiger partial charge in [0.2, 0.25) is 5.69 Å². The smallest absolute Gasteiger partial charge is 0.274 e. The predicted molar refractivity (Wildman–Crippen MR) is 76.5 cm³/mol. The zero-order valence-electron chi connectivity index (χ0n) is 12.0. The minimum Gasteiger partial charge on any atom is -0.470 e. The molecule has 9 heteroatoms. The second-order valence-electron chi connectivity index (χ2n) is 4.91. The molecule has 2 aromatic rings. The van der Waals surface area contributed by atoms with Gasteiger partial charge in [-0.2, -0.15) is 10.4 Å². The summed E-state index contributed by atoms with van der Waals surface area (Å²) in [5.74, 6) is -0.122. The molecule has 0 unspecified atom stereocenters. The first-order chi connectivity index (χ1) is 11.2. The summed E-state index contributed by atoms with van der Waals surface area (Å²) < 4.78 is 5.66. The van der Waals surface area contributed by atoms with Crippen molar-refractivity contribution in [3.8, 4) is 11.9 Å². The Bertz CT molecular complexity index is 807. The normalized spacial score (nSPS) is 16.8. The minimum atomic E-state index is -0.365. The van der Waals surface area contributed by atoms with Crippen LogP contribution in [0.1, 0.15) is 22.6 Å². The molecule has 1 aliphatic heterocycles. The number of nitriles is 1. The lowest BCUT2D eigenvalue weighted by molar-refractivity contribution is 0.0764. The van der Waals surface area contributed by atoms with Gasteiger partial charge in [0.15, 0.2) is 0 Å². The molecule has 0 saturated carbocycles. The van der Waals surface area contributed by atoms with Gasteiger partial charge in [0.1, 0.15) is 17.9 Å². The molecule has 0 spiro atoms. The van der Waals surface area contributed by atoms with E-state index in [1.165, 1.54) is 24.5 Å². The number of ether oxygens (including phenoxy) is 1. The SMILES string of the molecule is N#Cc1nccnc1O[C@@H]1CCN(C(=O)c2ccc(=O)[nH]n2)C1. The molecule has 3 heterocycles. The van der Waals surface area contributed by atoms with Gasteiger partial charge in [0.25, 0.3) is 17.3 Å². The van der Waals surface area contributed by atoms with Crippen molar-refractivity contribution in [2.45, 2.75) is 12.5 Å². The Morgan fingerprint density at radius 3 is 2.96 bits per heavy atom. The minimum absolute atomic E-state index is 0.111. The number of H-pyrrole nitrogens is 1. The molecule has 1 saturated heterocycles. The van der Waals surface area contributed by atoms with Gasteiger partial charge in [-0.05, 0) is 6.07 Å². The third-order valence-electron chi connectivity index (χ3n) is 3.38. The van der Waals surface area contributed by atoms with E-state index in [1.807, 2.05) is 6.07 Å². The zero-order chi connectivity index (χ0) is 16.2. The Morgan fingerprint density at radius 1 is 1.39 bits per heavy atom. The van der Waals surface area contributed by atoms with Gasteiger partial charge in [-0.25, -0.2) is 15.1 Å². The molecule has 1 fully saturated rings. The molecule has 2 aromatic heterocycles. The average molecular weight is 312 g/mol. The highest BCUT2D eigenvalue weighted by Gasteiger charge is 2.29. The number of aromatic amines is 1. The van der Waals surface area contributed by atoms with Crippen LogP contribution in [0.2, 0.25) is 0 Å². The van der Waals surface area contributed by atoms with Crippen LogP contribution >= 0.6 is 0 Å². The van der Waals surface area contributed by atoms with Crippen molar-refractivity contribution in [2.24, 2.45) is 0 Å². The summed E-state index contributed by atoms with van der Waals surface area (Å²) in [4.78, 5) is 32.7. The number of rotatable bonds is 3. The Labute approximate surface area is 130 Å². The number of carbonyl (C=O) groups is 1. The molecule has 1 N–H and O–H groups in total. The van der Waals surface area contributed by atoms with Gasteiger partial charge >= 0.3 is 0 Å². The summed E-state index contributed by atoms with van der Waals surface area (Å²) in [7, 11) is 0. The van der Waals surface area contributed by atoms with Crippen molar-refractivity contribution in [3.63, 3.8) is 0 Å².